The SMILES string of the molecule is CCN(CC)CCOCc1c(CNC)sc2ccccc12. The molecule has 0 radical (unpaired) electrons. The molecule has 0 atom stereocenters. The number of hydrogen-bond donors (Lipinski definition) is 1. The van der Waals surface area contributed by atoms with Crippen molar-refractivity contribution in [1.29, 1.82) is 0 Å². The number of ether oxygens (including phenoxy) is 1. The Hall–Kier alpha value is -0.940. The number of nitrogens with zero attached hydrogens (tertiary/aromatic N) is 1. The maximum absolute atomic E-state index is 5.94. The fourth-order valence-corrected chi connectivity index (χ4v) is 3.74. The summed E-state index contributed by atoms with van der Waals surface area (Å²) in [6.07, 6.45) is 0. The molecule has 0 aliphatic heterocycles. The van der Waals surface area contributed by atoms with Gasteiger partial charge in [-0.1, -0.05) is 32.0 Å². The highest BCUT2D eigenvalue weighted by Crippen LogP contribution is 2.31. The van der Waals surface area contributed by atoms with E-state index in [9.17, 15) is 0 Å². The van der Waals surface area contributed by atoms with Gasteiger partial charge in [0.25, 0.3) is 0 Å². The molecule has 0 aliphatic rings. The molecule has 1 heterocycles. The minimum Gasteiger partial charge on any atom is -0.375 e. The van der Waals surface area contributed by atoms with Crippen molar-refractivity contribution in [3.8, 4) is 0 Å². The molecule has 21 heavy (non-hydrogen) atoms. The number of thiophene rings is 1. The Labute approximate surface area is 131 Å². The maximum Gasteiger partial charge on any atom is 0.0734 e. The van der Waals surface area contributed by atoms with E-state index in [1.165, 1.54) is 20.5 Å². The predicted molar refractivity (Wildman–Crippen MR) is 92.0 cm³/mol. The Morgan fingerprint density at radius 3 is 2.67 bits per heavy atom. The molecule has 2 rings (SSSR count). The Bertz CT molecular complexity index is 549. The minimum atomic E-state index is 0.711. The summed E-state index contributed by atoms with van der Waals surface area (Å²) < 4.78 is 7.30. The highest BCUT2D eigenvalue weighted by Gasteiger charge is 2.11. The molecule has 1 N–H and O–H groups in total. The summed E-state index contributed by atoms with van der Waals surface area (Å²) in [4.78, 5) is 3.78. The average Bonchev–Trinajstić information content (AvgIpc) is 2.85. The molecular weight excluding hydrogens is 280 g/mol. The number of benzene rings is 1. The number of fused-ring (bicyclic) bond motifs is 1. The molecule has 116 valence electrons. The summed E-state index contributed by atoms with van der Waals surface area (Å²) in [5.41, 5.74) is 1.35. The third-order valence-electron chi connectivity index (χ3n) is 3.81. The van der Waals surface area contributed by atoms with Crippen LogP contribution in [-0.2, 0) is 17.9 Å². The van der Waals surface area contributed by atoms with Crippen molar-refractivity contribution >= 4 is 21.4 Å². The first-order chi connectivity index (χ1) is 10.3. The van der Waals surface area contributed by atoms with Crippen LogP contribution < -0.4 is 5.32 Å². The molecule has 0 saturated carbocycles. The number of rotatable bonds is 9. The van der Waals surface area contributed by atoms with Crippen LogP contribution >= 0.6 is 11.3 Å². The zero-order chi connectivity index (χ0) is 15.1. The van der Waals surface area contributed by atoms with E-state index in [2.05, 4.69) is 48.3 Å². The van der Waals surface area contributed by atoms with Crippen LogP contribution in [0.2, 0.25) is 0 Å². The van der Waals surface area contributed by atoms with Crippen molar-refractivity contribution in [3.63, 3.8) is 0 Å². The van der Waals surface area contributed by atoms with E-state index < -0.39 is 0 Å². The summed E-state index contributed by atoms with van der Waals surface area (Å²) in [5.74, 6) is 0. The second-order valence-corrected chi connectivity index (χ2v) is 6.25. The minimum absolute atomic E-state index is 0.711. The molecule has 0 unspecified atom stereocenters. The zero-order valence-electron chi connectivity index (χ0n) is 13.3. The van der Waals surface area contributed by atoms with Gasteiger partial charge < -0.3 is 15.0 Å². The van der Waals surface area contributed by atoms with Gasteiger partial charge in [0, 0.05) is 28.2 Å². The summed E-state index contributed by atoms with van der Waals surface area (Å²) in [6, 6.07) is 8.61. The van der Waals surface area contributed by atoms with E-state index in [1.807, 2.05) is 18.4 Å². The van der Waals surface area contributed by atoms with Gasteiger partial charge in [0.05, 0.1) is 13.2 Å². The van der Waals surface area contributed by atoms with E-state index in [0.717, 1.165) is 32.8 Å². The van der Waals surface area contributed by atoms with Gasteiger partial charge >= 0.3 is 0 Å². The van der Waals surface area contributed by atoms with Crippen LogP contribution in [0.25, 0.3) is 10.1 Å². The molecule has 0 aliphatic carbocycles. The smallest absolute Gasteiger partial charge is 0.0734 e. The van der Waals surface area contributed by atoms with E-state index in [1.54, 1.807) is 0 Å². The van der Waals surface area contributed by atoms with Crippen LogP contribution in [0.3, 0.4) is 0 Å². The van der Waals surface area contributed by atoms with Gasteiger partial charge in [0.2, 0.25) is 0 Å². The first-order valence-electron chi connectivity index (χ1n) is 7.74. The summed E-state index contributed by atoms with van der Waals surface area (Å²) >= 11 is 1.87. The number of likely N-dealkylation sites (N-methyl/N-ethyl adjacent to an activating group) is 1. The second kappa shape index (κ2) is 8.49. The molecule has 0 spiro atoms. The van der Waals surface area contributed by atoms with Crippen molar-refractivity contribution in [1.82, 2.24) is 10.2 Å². The normalized spacial score (nSPS) is 11.6. The molecule has 2 aromatic rings. The highest BCUT2D eigenvalue weighted by atomic mass is 32.1. The third kappa shape index (κ3) is 4.27. The Morgan fingerprint density at radius 1 is 1.19 bits per heavy atom. The van der Waals surface area contributed by atoms with Crippen LogP contribution in [-0.4, -0.2) is 38.2 Å². The third-order valence-corrected chi connectivity index (χ3v) is 5.02. The molecule has 1 aromatic heterocycles. The Kier molecular flexibility index (Phi) is 6.64. The van der Waals surface area contributed by atoms with Crippen LogP contribution in [0, 0.1) is 0 Å². The first-order valence-corrected chi connectivity index (χ1v) is 8.55. The van der Waals surface area contributed by atoms with Gasteiger partial charge in [-0.15, -0.1) is 11.3 Å². The lowest BCUT2D eigenvalue weighted by atomic mass is 10.1. The highest BCUT2D eigenvalue weighted by molar-refractivity contribution is 7.19. The van der Waals surface area contributed by atoms with Gasteiger partial charge in [-0.25, -0.2) is 0 Å². The summed E-state index contributed by atoms with van der Waals surface area (Å²) in [6.45, 7) is 10.00. The van der Waals surface area contributed by atoms with E-state index in [-0.39, 0.29) is 0 Å². The van der Waals surface area contributed by atoms with Crippen LogP contribution in [0.4, 0.5) is 0 Å². The first kappa shape index (κ1) is 16.4. The van der Waals surface area contributed by atoms with Crippen LogP contribution in [0.5, 0.6) is 0 Å². The van der Waals surface area contributed by atoms with Crippen molar-refractivity contribution in [2.75, 3.05) is 33.3 Å². The lowest BCUT2D eigenvalue weighted by Crippen LogP contribution is -2.27. The fraction of sp³-hybridized carbons (Fsp3) is 0.529. The molecule has 4 heteroatoms. The summed E-state index contributed by atoms with van der Waals surface area (Å²) in [7, 11) is 2.00. The largest absolute Gasteiger partial charge is 0.375 e. The second-order valence-electron chi connectivity index (χ2n) is 5.11. The van der Waals surface area contributed by atoms with Crippen molar-refractivity contribution in [3.05, 3.63) is 34.7 Å². The van der Waals surface area contributed by atoms with E-state index >= 15 is 0 Å². The van der Waals surface area contributed by atoms with E-state index in [0.29, 0.717) is 6.61 Å². The quantitative estimate of drug-likeness (QED) is 0.718. The summed E-state index contributed by atoms with van der Waals surface area (Å²) in [5, 5.41) is 4.60. The van der Waals surface area contributed by atoms with Gasteiger partial charge in [-0.3, -0.25) is 0 Å². The predicted octanol–water partition coefficient (Wildman–Crippen LogP) is 3.48. The lowest BCUT2D eigenvalue weighted by Gasteiger charge is -2.17. The molecule has 3 nitrogen and oxygen atoms in total. The topological polar surface area (TPSA) is 24.5 Å². The van der Waals surface area contributed by atoms with Gasteiger partial charge in [-0.05, 0) is 31.6 Å². The Morgan fingerprint density at radius 2 is 1.95 bits per heavy atom. The van der Waals surface area contributed by atoms with Crippen molar-refractivity contribution in [2.45, 2.75) is 27.0 Å². The molecule has 0 saturated heterocycles. The van der Waals surface area contributed by atoms with Crippen molar-refractivity contribution in [2.24, 2.45) is 0 Å². The molecule has 0 bridgehead atoms. The standard InChI is InChI=1S/C17H26N2OS/c1-4-19(5-2)10-11-20-13-15-14-8-6-7-9-16(14)21-17(15)12-18-3/h6-9,18H,4-5,10-13H2,1-3H3. The molecule has 0 amide bonds. The molecule has 1 aromatic carbocycles. The van der Waals surface area contributed by atoms with Gasteiger partial charge in [0.1, 0.15) is 0 Å². The molecule has 0 fully saturated rings. The maximum atomic E-state index is 5.94. The van der Waals surface area contributed by atoms with Gasteiger partial charge in [0.15, 0.2) is 0 Å². The van der Waals surface area contributed by atoms with Crippen LogP contribution in [0.1, 0.15) is 24.3 Å². The average molecular weight is 306 g/mol. The van der Waals surface area contributed by atoms with Gasteiger partial charge in [-0.2, -0.15) is 0 Å². The molecular formula is C17H26N2OS. The van der Waals surface area contributed by atoms with Crippen molar-refractivity contribution < 1.29 is 4.74 Å². The number of nitrogens with one attached hydrogen (secondary N) is 1. The van der Waals surface area contributed by atoms with E-state index in [4.69, 9.17) is 4.74 Å². The fourth-order valence-electron chi connectivity index (χ4n) is 2.52. The lowest BCUT2D eigenvalue weighted by molar-refractivity contribution is 0.0960. The zero-order valence-corrected chi connectivity index (χ0v) is 14.1. The van der Waals surface area contributed by atoms with Crippen LogP contribution in [0.15, 0.2) is 24.3 Å². The Balaban J connectivity index is 2.01. The number of hydrogen-bond acceptors (Lipinski definition) is 4. The monoisotopic (exact) mass is 306 g/mol.